The molecule has 148 valence electrons. The molecule has 1 aromatic heterocycles. The number of carbonyl (C=O) groups is 2. The molecule has 0 bridgehead atoms. The second kappa shape index (κ2) is 7.96. The lowest BCUT2D eigenvalue weighted by molar-refractivity contribution is -0.140. The van der Waals surface area contributed by atoms with Crippen LogP contribution in [-0.4, -0.2) is 52.8 Å². The lowest BCUT2D eigenvalue weighted by Gasteiger charge is -2.37. The number of anilines is 2. The minimum atomic E-state index is -0.438. The first-order chi connectivity index (χ1) is 13.3. The fourth-order valence-electron chi connectivity index (χ4n) is 3.12. The quantitative estimate of drug-likeness (QED) is 0.882. The van der Waals surface area contributed by atoms with Gasteiger partial charge in [0.2, 0.25) is 5.91 Å². The van der Waals surface area contributed by atoms with E-state index in [9.17, 15) is 14.0 Å². The Kier molecular flexibility index (Phi) is 5.63. The highest BCUT2D eigenvalue weighted by Gasteiger charge is 2.31. The average molecular weight is 384 g/mol. The van der Waals surface area contributed by atoms with E-state index in [0.29, 0.717) is 37.6 Å². The van der Waals surface area contributed by atoms with Crippen LogP contribution in [0.15, 0.2) is 42.6 Å². The highest BCUT2D eigenvalue weighted by Crippen LogP contribution is 2.23. The van der Waals surface area contributed by atoms with Gasteiger partial charge in [0.25, 0.3) is 5.91 Å². The van der Waals surface area contributed by atoms with Crippen molar-refractivity contribution in [1.82, 2.24) is 14.8 Å². The minimum Gasteiger partial charge on any atom is -0.339 e. The number of para-hydroxylation sites is 1. The molecule has 7 heteroatoms. The zero-order valence-electron chi connectivity index (χ0n) is 16.4. The van der Waals surface area contributed by atoms with Gasteiger partial charge in [-0.15, -0.1) is 0 Å². The number of pyridine rings is 1. The van der Waals surface area contributed by atoms with Crippen LogP contribution in [-0.2, 0) is 4.79 Å². The van der Waals surface area contributed by atoms with Gasteiger partial charge in [-0.3, -0.25) is 9.59 Å². The molecule has 2 amide bonds. The molecule has 1 fully saturated rings. The first kappa shape index (κ1) is 19.8. The summed E-state index contributed by atoms with van der Waals surface area (Å²) in [5, 5.41) is 2.91. The first-order valence-electron chi connectivity index (χ1n) is 9.32. The molecule has 1 N–H and O–H groups in total. The molecule has 3 rings (SSSR count). The smallest absolute Gasteiger partial charge is 0.257 e. The molecule has 2 aromatic rings. The zero-order valence-corrected chi connectivity index (χ0v) is 16.4. The maximum atomic E-state index is 14.0. The Morgan fingerprint density at radius 3 is 2.29 bits per heavy atom. The normalized spacial score (nSPS) is 14.7. The summed E-state index contributed by atoms with van der Waals surface area (Å²) >= 11 is 0. The van der Waals surface area contributed by atoms with E-state index in [-0.39, 0.29) is 17.5 Å². The topological polar surface area (TPSA) is 65.5 Å². The molecule has 0 radical (unpaired) electrons. The van der Waals surface area contributed by atoms with Crippen LogP contribution in [0, 0.1) is 11.2 Å². The third-order valence-electron chi connectivity index (χ3n) is 4.66. The van der Waals surface area contributed by atoms with Gasteiger partial charge in [0, 0.05) is 37.8 Å². The summed E-state index contributed by atoms with van der Waals surface area (Å²) in [5.41, 5.74) is 0.198. The number of aromatic nitrogens is 1. The Bertz CT molecular complexity index is 871. The third kappa shape index (κ3) is 4.30. The molecule has 0 atom stereocenters. The molecule has 0 aliphatic carbocycles. The van der Waals surface area contributed by atoms with Gasteiger partial charge in [-0.25, -0.2) is 9.37 Å². The van der Waals surface area contributed by atoms with Crippen molar-refractivity contribution < 1.29 is 14.0 Å². The van der Waals surface area contributed by atoms with Crippen LogP contribution in [0.1, 0.15) is 31.1 Å². The van der Waals surface area contributed by atoms with Crippen molar-refractivity contribution in [1.29, 1.82) is 0 Å². The fraction of sp³-hybridized carbons (Fsp3) is 0.381. The summed E-state index contributed by atoms with van der Waals surface area (Å²) in [6.07, 6.45) is 1.56. The number of nitrogens with zero attached hydrogens (tertiary/aromatic N) is 3. The van der Waals surface area contributed by atoms with Gasteiger partial charge in [-0.05, 0) is 24.3 Å². The van der Waals surface area contributed by atoms with Crippen molar-refractivity contribution in [2.45, 2.75) is 20.8 Å². The van der Waals surface area contributed by atoms with Crippen molar-refractivity contribution in [3.63, 3.8) is 0 Å². The molecule has 2 heterocycles. The van der Waals surface area contributed by atoms with Crippen LogP contribution in [0.5, 0.6) is 0 Å². The van der Waals surface area contributed by atoms with Gasteiger partial charge in [-0.2, -0.15) is 0 Å². The third-order valence-corrected chi connectivity index (χ3v) is 4.66. The molecule has 1 aromatic carbocycles. The molecule has 1 saturated heterocycles. The molecule has 6 nitrogen and oxygen atoms in total. The van der Waals surface area contributed by atoms with Crippen molar-refractivity contribution >= 4 is 23.3 Å². The Morgan fingerprint density at radius 2 is 1.64 bits per heavy atom. The number of amides is 2. The summed E-state index contributed by atoms with van der Waals surface area (Å²) < 4.78 is 14.0. The highest BCUT2D eigenvalue weighted by atomic mass is 19.1. The van der Waals surface area contributed by atoms with Gasteiger partial charge >= 0.3 is 0 Å². The SMILES string of the molecule is CC(C)(C)C(=O)N1CCN(C(=O)c2cccnc2Nc2ccccc2F)CC1. The number of carbonyl (C=O) groups excluding carboxylic acids is 2. The van der Waals surface area contributed by atoms with E-state index in [2.05, 4.69) is 10.3 Å². The summed E-state index contributed by atoms with van der Waals surface area (Å²) in [6.45, 7) is 7.58. The molecular weight excluding hydrogens is 359 g/mol. The fourth-order valence-corrected chi connectivity index (χ4v) is 3.12. The van der Waals surface area contributed by atoms with Crippen molar-refractivity contribution in [2.75, 3.05) is 31.5 Å². The average Bonchev–Trinajstić information content (AvgIpc) is 2.68. The summed E-state index contributed by atoms with van der Waals surface area (Å²) in [4.78, 5) is 33.2. The first-order valence-corrected chi connectivity index (χ1v) is 9.32. The second-order valence-electron chi connectivity index (χ2n) is 7.84. The lowest BCUT2D eigenvalue weighted by atomic mass is 9.94. The van der Waals surface area contributed by atoms with E-state index < -0.39 is 11.2 Å². The van der Waals surface area contributed by atoms with E-state index in [1.165, 1.54) is 6.07 Å². The number of benzene rings is 1. The summed E-state index contributed by atoms with van der Waals surface area (Å²) in [5.74, 6) is -0.204. The van der Waals surface area contributed by atoms with E-state index in [1.54, 1.807) is 46.3 Å². The number of rotatable bonds is 3. The minimum absolute atomic E-state index is 0.0860. The number of halogens is 1. The van der Waals surface area contributed by atoms with Crippen molar-refractivity contribution in [3.8, 4) is 0 Å². The van der Waals surface area contributed by atoms with E-state index in [0.717, 1.165) is 0 Å². The molecule has 0 unspecified atom stereocenters. The van der Waals surface area contributed by atoms with Crippen LogP contribution in [0.25, 0.3) is 0 Å². The number of piperazine rings is 1. The van der Waals surface area contributed by atoms with Crippen molar-refractivity contribution in [2.24, 2.45) is 5.41 Å². The number of hydrogen-bond acceptors (Lipinski definition) is 4. The van der Waals surface area contributed by atoms with Crippen LogP contribution >= 0.6 is 0 Å². The number of hydrogen-bond donors (Lipinski definition) is 1. The molecule has 0 saturated carbocycles. The van der Waals surface area contributed by atoms with Gasteiger partial charge in [0.05, 0.1) is 11.3 Å². The lowest BCUT2D eigenvalue weighted by Crippen LogP contribution is -2.53. The Balaban J connectivity index is 1.72. The monoisotopic (exact) mass is 384 g/mol. The zero-order chi connectivity index (χ0) is 20.3. The standard InChI is InChI=1S/C21H25FN4O2/c1-21(2,3)20(28)26-13-11-25(12-14-26)19(27)15-7-6-10-23-18(15)24-17-9-5-4-8-16(17)22/h4-10H,11-14H2,1-3H3,(H,23,24). The molecule has 28 heavy (non-hydrogen) atoms. The van der Waals surface area contributed by atoms with Gasteiger partial charge in [0.15, 0.2) is 0 Å². The second-order valence-corrected chi connectivity index (χ2v) is 7.84. The highest BCUT2D eigenvalue weighted by molar-refractivity contribution is 5.99. The Morgan fingerprint density at radius 1 is 1.00 bits per heavy atom. The van der Waals surface area contributed by atoms with Gasteiger partial charge in [0.1, 0.15) is 11.6 Å². The molecular formula is C21H25FN4O2. The van der Waals surface area contributed by atoms with E-state index >= 15 is 0 Å². The van der Waals surface area contributed by atoms with Gasteiger partial charge in [-0.1, -0.05) is 32.9 Å². The predicted octanol–water partition coefficient (Wildman–Crippen LogP) is 3.29. The molecule has 1 aliphatic heterocycles. The van der Waals surface area contributed by atoms with Crippen LogP contribution in [0.4, 0.5) is 15.9 Å². The Labute approximate surface area is 164 Å². The summed E-state index contributed by atoms with van der Waals surface area (Å²) in [7, 11) is 0. The maximum Gasteiger partial charge on any atom is 0.257 e. The van der Waals surface area contributed by atoms with Crippen LogP contribution in [0.3, 0.4) is 0 Å². The van der Waals surface area contributed by atoms with Crippen LogP contribution in [0.2, 0.25) is 0 Å². The predicted molar refractivity (Wildman–Crippen MR) is 106 cm³/mol. The summed E-state index contributed by atoms with van der Waals surface area (Å²) in [6, 6.07) is 9.60. The van der Waals surface area contributed by atoms with E-state index in [4.69, 9.17) is 0 Å². The Hall–Kier alpha value is -2.96. The van der Waals surface area contributed by atoms with Crippen molar-refractivity contribution in [3.05, 3.63) is 54.0 Å². The molecule has 0 spiro atoms. The van der Waals surface area contributed by atoms with E-state index in [1.807, 2.05) is 20.8 Å². The van der Waals surface area contributed by atoms with Gasteiger partial charge < -0.3 is 15.1 Å². The number of nitrogens with one attached hydrogen (secondary N) is 1. The van der Waals surface area contributed by atoms with Crippen LogP contribution < -0.4 is 5.32 Å². The molecule has 1 aliphatic rings. The maximum absolute atomic E-state index is 14.0. The largest absolute Gasteiger partial charge is 0.339 e.